The number of carbonyl (C=O) groups is 2. The van der Waals surface area contributed by atoms with Crippen LogP contribution in [-0.2, 0) is 53.0 Å². The van der Waals surface area contributed by atoms with Crippen LogP contribution in [0.5, 0.6) is 5.75 Å². The summed E-state index contributed by atoms with van der Waals surface area (Å²) >= 11 is 0. The van der Waals surface area contributed by atoms with Gasteiger partial charge in [0.05, 0.1) is 51.8 Å². The summed E-state index contributed by atoms with van der Waals surface area (Å²) in [6.07, 6.45) is -1.21. The number of esters is 2. The van der Waals surface area contributed by atoms with Crippen LogP contribution in [0.3, 0.4) is 0 Å². The summed E-state index contributed by atoms with van der Waals surface area (Å²) in [6.45, 7) is 5.54. The lowest BCUT2D eigenvalue weighted by Gasteiger charge is -2.46. The summed E-state index contributed by atoms with van der Waals surface area (Å²) in [6, 6.07) is 39.4. The average Bonchev–Trinajstić information content (AvgIpc) is 3.22. The molecule has 9 heteroatoms. The standard InChI is InChI=1S/C46H50O9/c1-4-50-40(47)22-14-15-27-51-39-26-24-36-28-37(46(48)49-3)23-25-38(36)41(39)43-45(54-31-35-20-12-7-13-21-35)44(53-30-34-18-10-6-11-19-34)42(32(2)55-43)52-29-33-16-8-5-9-17-33/h5-13,16-21,23-26,28,32,42-45H,4,14-15,22,27,29-31H2,1-3H3/t32-,42+,43+,44+,45+/m0/s1. The second kappa shape index (κ2) is 20.0. The number of fused-ring (bicyclic) bond motifs is 1. The zero-order valence-corrected chi connectivity index (χ0v) is 31.8. The van der Waals surface area contributed by atoms with Gasteiger partial charge >= 0.3 is 11.9 Å². The first kappa shape index (κ1) is 39.6. The molecular weight excluding hydrogens is 696 g/mol. The minimum atomic E-state index is -0.668. The second-order valence-electron chi connectivity index (χ2n) is 13.6. The lowest BCUT2D eigenvalue weighted by Crippen LogP contribution is -2.56. The van der Waals surface area contributed by atoms with E-state index < -0.39 is 36.5 Å². The lowest BCUT2D eigenvalue weighted by molar-refractivity contribution is -0.263. The van der Waals surface area contributed by atoms with Gasteiger partial charge in [0.25, 0.3) is 0 Å². The molecule has 0 amide bonds. The van der Waals surface area contributed by atoms with Gasteiger partial charge in [-0.25, -0.2) is 4.79 Å². The number of rotatable bonds is 18. The van der Waals surface area contributed by atoms with Gasteiger partial charge in [0.15, 0.2) is 0 Å². The highest BCUT2D eigenvalue weighted by Crippen LogP contribution is 2.44. The highest BCUT2D eigenvalue weighted by molar-refractivity contribution is 5.97. The van der Waals surface area contributed by atoms with Gasteiger partial charge in [0.2, 0.25) is 0 Å². The van der Waals surface area contributed by atoms with E-state index in [0.717, 1.165) is 33.0 Å². The zero-order valence-electron chi connectivity index (χ0n) is 31.8. The molecule has 5 atom stereocenters. The van der Waals surface area contributed by atoms with E-state index in [4.69, 9.17) is 33.2 Å². The van der Waals surface area contributed by atoms with Crippen LogP contribution in [-0.4, -0.2) is 56.7 Å². The number of benzene rings is 5. The van der Waals surface area contributed by atoms with Crippen molar-refractivity contribution in [1.82, 2.24) is 0 Å². The Hall–Kier alpha value is -5.06. The molecule has 0 radical (unpaired) electrons. The smallest absolute Gasteiger partial charge is 0.337 e. The van der Waals surface area contributed by atoms with Crippen molar-refractivity contribution in [3.05, 3.63) is 149 Å². The first-order chi connectivity index (χ1) is 26.9. The van der Waals surface area contributed by atoms with Crippen molar-refractivity contribution >= 4 is 22.7 Å². The summed E-state index contributed by atoms with van der Waals surface area (Å²) in [5.41, 5.74) is 4.27. The van der Waals surface area contributed by atoms with E-state index in [1.165, 1.54) is 7.11 Å². The minimum Gasteiger partial charge on any atom is -0.493 e. The van der Waals surface area contributed by atoms with E-state index in [2.05, 4.69) is 0 Å². The van der Waals surface area contributed by atoms with Crippen molar-refractivity contribution in [3.63, 3.8) is 0 Å². The number of methoxy groups -OCH3 is 1. The van der Waals surface area contributed by atoms with E-state index in [1.54, 1.807) is 13.0 Å². The molecule has 1 heterocycles. The highest BCUT2D eigenvalue weighted by atomic mass is 16.6. The van der Waals surface area contributed by atoms with Crippen molar-refractivity contribution in [2.24, 2.45) is 0 Å². The van der Waals surface area contributed by atoms with Crippen molar-refractivity contribution in [1.29, 1.82) is 0 Å². The normalized spacial score (nSPS) is 19.5. The third kappa shape index (κ3) is 10.6. The van der Waals surface area contributed by atoms with Crippen LogP contribution < -0.4 is 4.74 Å². The largest absolute Gasteiger partial charge is 0.493 e. The van der Waals surface area contributed by atoms with Crippen LogP contribution in [0.1, 0.15) is 71.8 Å². The van der Waals surface area contributed by atoms with Crippen LogP contribution in [0.15, 0.2) is 121 Å². The van der Waals surface area contributed by atoms with Crippen LogP contribution in [0.4, 0.5) is 0 Å². The maximum Gasteiger partial charge on any atom is 0.337 e. The molecule has 5 aromatic rings. The monoisotopic (exact) mass is 746 g/mol. The molecule has 0 bridgehead atoms. The number of unbranched alkanes of at least 4 members (excludes halogenated alkanes) is 1. The van der Waals surface area contributed by atoms with Crippen LogP contribution >= 0.6 is 0 Å². The zero-order chi connectivity index (χ0) is 38.4. The Balaban J connectivity index is 1.40. The van der Waals surface area contributed by atoms with E-state index >= 15 is 0 Å². The Kier molecular flexibility index (Phi) is 14.4. The summed E-state index contributed by atoms with van der Waals surface area (Å²) in [7, 11) is 1.37. The fraction of sp³-hybridized carbons (Fsp3) is 0.348. The molecule has 0 aliphatic carbocycles. The molecule has 0 N–H and O–H groups in total. The number of ether oxygens (including phenoxy) is 7. The molecule has 0 unspecified atom stereocenters. The minimum absolute atomic E-state index is 0.219. The molecule has 0 saturated carbocycles. The molecule has 5 aromatic carbocycles. The lowest BCUT2D eigenvalue weighted by atomic mass is 9.87. The highest BCUT2D eigenvalue weighted by Gasteiger charge is 2.48. The van der Waals surface area contributed by atoms with Crippen molar-refractivity contribution < 1.29 is 42.7 Å². The summed E-state index contributed by atoms with van der Waals surface area (Å²) in [5.74, 6) is -0.0286. The molecule has 288 valence electrons. The third-order valence-electron chi connectivity index (χ3n) is 9.69. The van der Waals surface area contributed by atoms with Crippen molar-refractivity contribution in [2.75, 3.05) is 20.3 Å². The maximum atomic E-state index is 12.6. The SMILES string of the molecule is CCOC(=O)CCCCOc1ccc2cc(C(=O)OC)ccc2c1[C@H]1O[C@@H](C)[C@@H](OCc2ccccc2)[C@@H](OCc2ccccc2)[C@@H]1OCc1ccccc1. The molecule has 1 saturated heterocycles. The fourth-order valence-electron chi connectivity index (χ4n) is 6.93. The van der Waals surface area contributed by atoms with E-state index in [1.807, 2.05) is 122 Å². The topological polar surface area (TPSA) is 98.8 Å². The Bertz CT molecular complexity index is 1950. The first-order valence-corrected chi connectivity index (χ1v) is 19.0. The van der Waals surface area contributed by atoms with Gasteiger partial charge in [-0.1, -0.05) is 103 Å². The van der Waals surface area contributed by atoms with Gasteiger partial charge in [-0.05, 0) is 72.4 Å². The number of hydrogen-bond acceptors (Lipinski definition) is 9. The maximum absolute atomic E-state index is 12.6. The number of hydrogen-bond donors (Lipinski definition) is 0. The molecule has 0 aromatic heterocycles. The molecule has 1 aliphatic heterocycles. The van der Waals surface area contributed by atoms with Gasteiger partial charge < -0.3 is 33.2 Å². The van der Waals surface area contributed by atoms with Crippen LogP contribution in [0.25, 0.3) is 10.8 Å². The van der Waals surface area contributed by atoms with Gasteiger partial charge in [-0.3, -0.25) is 4.79 Å². The predicted octanol–water partition coefficient (Wildman–Crippen LogP) is 8.95. The third-order valence-corrected chi connectivity index (χ3v) is 9.69. The molecule has 55 heavy (non-hydrogen) atoms. The molecule has 1 aliphatic rings. The predicted molar refractivity (Wildman–Crippen MR) is 210 cm³/mol. The Morgan fingerprint density at radius 2 is 1.25 bits per heavy atom. The first-order valence-electron chi connectivity index (χ1n) is 19.0. The van der Waals surface area contributed by atoms with Gasteiger partial charge in [-0.2, -0.15) is 0 Å². The summed E-state index contributed by atoms with van der Waals surface area (Å²) in [4.78, 5) is 24.6. The number of carbonyl (C=O) groups excluding carboxylic acids is 2. The molecule has 0 spiro atoms. The Morgan fingerprint density at radius 1 is 0.673 bits per heavy atom. The second-order valence-corrected chi connectivity index (χ2v) is 13.6. The molecule has 9 nitrogen and oxygen atoms in total. The quantitative estimate of drug-likeness (QED) is 0.0643. The van der Waals surface area contributed by atoms with E-state index in [0.29, 0.717) is 63.6 Å². The summed E-state index contributed by atoms with van der Waals surface area (Å²) < 4.78 is 44.2. The van der Waals surface area contributed by atoms with Gasteiger partial charge in [0.1, 0.15) is 30.2 Å². The van der Waals surface area contributed by atoms with Crippen molar-refractivity contribution in [2.45, 2.75) is 83.5 Å². The molecule has 6 rings (SSSR count). The van der Waals surface area contributed by atoms with E-state index in [9.17, 15) is 9.59 Å². The van der Waals surface area contributed by atoms with Crippen LogP contribution in [0.2, 0.25) is 0 Å². The molecular formula is C46H50O9. The fourth-order valence-corrected chi connectivity index (χ4v) is 6.93. The molecule has 1 fully saturated rings. The van der Waals surface area contributed by atoms with Gasteiger partial charge in [-0.15, -0.1) is 0 Å². The Morgan fingerprint density at radius 3 is 1.84 bits per heavy atom. The van der Waals surface area contributed by atoms with Crippen molar-refractivity contribution in [3.8, 4) is 5.75 Å². The van der Waals surface area contributed by atoms with Crippen LogP contribution in [0, 0.1) is 0 Å². The summed E-state index contributed by atoms with van der Waals surface area (Å²) in [5, 5.41) is 1.66. The van der Waals surface area contributed by atoms with Gasteiger partial charge in [0, 0.05) is 12.0 Å². The Labute approximate surface area is 323 Å². The average molecular weight is 747 g/mol. The van der Waals surface area contributed by atoms with E-state index in [-0.39, 0.29) is 5.97 Å².